The van der Waals surface area contributed by atoms with Gasteiger partial charge in [0.1, 0.15) is 6.61 Å². The van der Waals surface area contributed by atoms with Crippen LogP contribution in [0.15, 0.2) is 36.7 Å². The molecule has 2 aromatic rings. The van der Waals surface area contributed by atoms with Crippen molar-refractivity contribution < 1.29 is 27.8 Å². The minimum atomic E-state index is -3.67. The lowest BCUT2D eigenvalue weighted by molar-refractivity contribution is -0.148. The van der Waals surface area contributed by atoms with Gasteiger partial charge in [0.25, 0.3) is 0 Å². The molecule has 0 unspecified atom stereocenters. The zero-order valence-corrected chi connectivity index (χ0v) is 17.4. The Balaban J connectivity index is 0.000000535. The van der Waals surface area contributed by atoms with Crippen molar-refractivity contribution in [2.75, 3.05) is 6.61 Å². The third kappa shape index (κ3) is 4.73. The van der Waals surface area contributed by atoms with Gasteiger partial charge in [-0.15, -0.1) is 0 Å². The SMILES string of the molecule is FC(F)F.O=C(COC1CC(O)C1)NC12CC(c3cnn(-c4ccc(Cl)cc4)c3)(C1)C2. The Hall–Kier alpha value is -2.10. The number of aromatic nitrogens is 2. The van der Waals surface area contributed by atoms with Crippen molar-refractivity contribution in [3.8, 4) is 5.69 Å². The number of ether oxygens (including phenoxy) is 1. The van der Waals surface area contributed by atoms with E-state index in [-0.39, 0.29) is 35.7 Å². The van der Waals surface area contributed by atoms with E-state index in [0.29, 0.717) is 17.9 Å². The number of alkyl halides is 3. The molecule has 2 bridgehead atoms. The first kappa shape index (κ1) is 22.1. The highest BCUT2D eigenvalue weighted by Gasteiger charge is 2.69. The predicted molar refractivity (Wildman–Crippen MR) is 107 cm³/mol. The highest BCUT2D eigenvalue weighted by Crippen LogP contribution is 2.67. The number of aliphatic hydroxyl groups excluding tert-OH is 1. The monoisotopic (exact) mass is 457 g/mol. The molecule has 168 valence electrons. The zero-order chi connectivity index (χ0) is 22.2. The van der Waals surface area contributed by atoms with Gasteiger partial charge >= 0.3 is 6.68 Å². The molecule has 0 saturated heterocycles. The second kappa shape index (κ2) is 8.44. The minimum absolute atomic E-state index is 0.0313. The molecule has 0 atom stereocenters. The molecule has 0 spiro atoms. The molecule has 1 amide bonds. The van der Waals surface area contributed by atoms with Crippen LogP contribution in [-0.4, -0.2) is 51.8 Å². The lowest BCUT2D eigenvalue weighted by Gasteiger charge is -2.70. The summed E-state index contributed by atoms with van der Waals surface area (Å²) in [4.78, 5) is 12.1. The Labute approximate surface area is 182 Å². The Morgan fingerprint density at radius 2 is 1.87 bits per heavy atom. The smallest absolute Gasteiger partial charge is 0.379 e. The number of carbonyl (C=O) groups is 1. The fourth-order valence-corrected chi connectivity index (χ4v) is 4.88. The van der Waals surface area contributed by atoms with Crippen LogP contribution in [0, 0.1) is 0 Å². The summed E-state index contributed by atoms with van der Waals surface area (Å²) >= 11 is 5.95. The summed E-state index contributed by atoms with van der Waals surface area (Å²) in [6.07, 6.45) is 7.94. The summed E-state index contributed by atoms with van der Waals surface area (Å²) < 4.78 is 36.4. The summed E-state index contributed by atoms with van der Waals surface area (Å²) in [5.74, 6) is -0.0541. The van der Waals surface area contributed by atoms with Gasteiger partial charge in [-0.25, -0.2) is 4.68 Å². The number of hydrogen-bond acceptors (Lipinski definition) is 4. The number of aliphatic hydroxyl groups is 1. The number of carbonyl (C=O) groups excluding carboxylic acids is 1. The fourth-order valence-electron chi connectivity index (χ4n) is 4.76. The molecule has 0 aliphatic heterocycles. The van der Waals surface area contributed by atoms with Crippen LogP contribution in [0.3, 0.4) is 0 Å². The van der Waals surface area contributed by atoms with Gasteiger partial charge in [-0.1, -0.05) is 11.6 Å². The fraction of sp³-hybridized carbons (Fsp3) is 0.524. The zero-order valence-electron chi connectivity index (χ0n) is 16.6. The van der Waals surface area contributed by atoms with E-state index < -0.39 is 6.68 Å². The van der Waals surface area contributed by atoms with Crippen LogP contribution in [0.4, 0.5) is 13.2 Å². The average molecular weight is 458 g/mol. The molecule has 1 aromatic heterocycles. The average Bonchev–Trinajstić information content (AvgIpc) is 3.09. The van der Waals surface area contributed by atoms with Crippen molar-refractivity contribution >= 4 is 17.5 Å². The highest BCUT2D eigenvalue weighted by molar-refractivity contribution is 6.30. The van der Waals surface area contributed by atoms with Crippen molar-refractivity contribution in [3.63, 3.8) is 0 Å². The van der Waals surface area contributed by atoms with E-state index in [1.165, 1.54) is 5.56 Å². The van der Waals surface area contributed by atoms with E-state index in [9.17, 15) is 23.1 Å². The van der Waals surface area contributed by atoms with Crippen molar-refractivity contribution in [1.29, 1.82) is 0 Å². The quantitative estimate of drug-likeness (QED) is 0.695. The number of rotatable bonds is 6. The second-order valence-electron chi connectivity index (χ2n) is 8.59. The number of benzene rings is 1. The molecule has 6 nitrogen and oxygen atoms in total. The number of nitrogens with zero attached hydrogens (tertiary/aromatic N) is 2. The third-order valence-corrected chi connectivity index (χ3v) is 6.49. The molecule has 0 radical (unpaired) electrons. The van der Waals surface area contributed by atoms with Crippen molar-refractivity contribution in [1.82, 2.24) is 15.1 Å². The number of amides is 1. The first-order valence-corrected chi connectivity index (χ1v) is 10.4. The molecule has 1 heterocycles. The second-order valence-corrected chi connectivity index (χ2v) is 9.03. The maximum Gasteiger partial charge on any atom is 0.379 e. The van der Waals surface area contributed by atoms with E-state index in [1.54, 1.807) is 0 Å². The molecule has 4 saturated carbocycles. The van der Waals surface area contributed by atoms with Gasteiger partial charge in [0.05, 0.1) is 24.1 Å². The van der Waals surface area contributed by atoms with Gasteiger partial charge in [-0.3, -0.25) is 4.79 Å². The highest BCUT2D eigenvalue weighted by atomic mass is 35.5. The van der Waals surface area contributed by atoms with Crippen LogP contribution < -0.4 is 5.32 Å². The molecule has 2 N–H and O–H groups in total. The normalized spacial score (nSPS) is 30.4. The first-order valence-electron chi connectivity index (χ1n) is 10.0. The lowest BCUT2D eigenvalue weighted by Crippen LogP contribution is -2.77. The molecular weight excluding hydrogens is 435 g/mol. The summed E-state index contributed by atoms with van der Waals surface area (Å²) in [5, 5.41) is 17.6. The van der Waals surface area contributed by atoms with Crippen LogP contribution in [-0.2, 0) is 14.9 Å². The predicted octanol–water partition coefficient (Wildman–Crippen LogP) is 3.53. The molecule has 1 aromatic carbocycles. The van der Waals surface area contributed by atoms with E-state index in [0.717, 1.165) is 24.9 Å². The Kier molecular flexibility index (Phi) is 6.02. The van der Waals surface area contributed by atoms with Gasteiger partial charge in [0, 0.05) is 22.2 Å². The Bertz CT molecular complexity index is 909. The molecule has 31 heavy (non-hydrogen) atoms. The maximum absolute atomic E-state index is 12.1. The van der Waals surface area contributed by atoms with Crippen LogP contribution in [0.25, 0.3) is 5.69 Å². The summed E-state index contributed by atoms with van der Waals surface area (Å²) in [6.45, 7) is -3.58. The lowest BCUT2D eigenvalue weighted by atomic mass is 9.37. The molecule has 4 aliphatic rings. The van der Waals surface area contributed by atoms with Crippen molar-refractivity contribution in [3.05, 3.63) is 47.2 Å². The third-order valence-electron chi connectivity index (χ3n) is 6.24. The number of nitrogens with one attached hydrogen (secondary N) is 1. The van der Waals surface area contributed by atoms with Gasteiger partial charge in [0.15, 0.2) is 0 Å². The molecule has 4 fully saturated rings. The van der Waals surface area contributed by atoms with E-state index in [1.807, 2.05) is 35.1 Å². The van der Waals surface area contributed by atoms with Crippen LogP contribution >= 0.6 is 11.6 Å². The maximum atomic E-state index is 12.1. The summed E-state index contributed by atoms with van der Waals surface area (Å²) in [6, 6.07) is 7.61. The topological polar surface area (TPSA) is 76.4 Å². The molecule has 6 rings (SSSR count). The number of hydrogen-bond donors (Lipinski definition) is 2. The van der Waals surface area contributed by atoms with Gasteiger partial charge in [-0.2, -0.15) is 18.3 Å². The van der Waals surface area contributed by atoms with E-state index in [4.69, 9.17) is 16.3 Å². The van der Waals surface area contributed by atoms with Crippen LogP contribution in [0.2, 0.25) is 5.02 Å². The van der Waals surface area contributed by atoms with Gasteiger partial charge in [-0.05, 0) is 61.9 Å². The Morgan fingerprint density at radius 3 is 2.45 bits per heavy atom. The van der Waals surface area contributed by atoms with Crippen LogP contribution in [0.1, 0.15) is 37.7 Å². The van der Waals surface area contributed by atoms with Crippen molar-refractivity contribution in [2.24, 2.45) is 0 Å². The minimum Gasteiger partial charge on any atom is -0.393 e. The standard InChI is InChI=1S/C20H22ClN3O3.CHF3/c21-14-1-3-15(4-2-14)24-8-13(7-22-24)19-10-20(11-19,12-19)23-18(26)9-27-17-5-16(25)6-17;2-1(3)4/h1-4,7-8,16-17,25H,5-6,9-12H2,(H,23,26);1H. The summed E-state index contributed by atoms with van der Waals surface area (Å²) in [5.41, 5.74) is 2.30. The molecule has 10 heteroatoms. The largest absolute Gasteiger partial charge is 0.393 e. The van der Waals surface area contributed by atoms with Gasteiger partial charge in [0.2, 0.25) is 5.91 Å². The number of halogens is 4. The molecule has 4 aliphatic carbocycles. The Morgan fingerprint density at radius 1 is 1.26 bits per heavy atom. The first-order chi connectivity index (χ1) is 14.7. The van der Waals surface area contributed by atoms with Crippen molar-refractivity contribution in [2.45, 2.75) is 61.9 Å². The summed E-state index contributed by atoms with van der Waals surface area (Å²) in [7, 11) is 0. The van der Waals surface area contributed by atoms with Gasteiger partial charge < -0.3 is 15.2 Å². The van der Waals surface area contributed by atoms with E-state index >= 15 is 0 Å². The van der Waals surface area contributed by atoms with Crippen LogP contribution in [0.5, 0.6) is 0 Å². The molecular formula is C21H23ClF3N3O3. The van der Waals surface area contributed by atoms with E-state index in [2.05, 4.69) is 16.6 Å².